The topological polar surface area (TPSA) is 86.5 Å². The lowest BCUT2D eigenvalue weighted by Crippen LogP contribution is -2.36. The maximum atomic E-state index is 12.3. The fourth-order valence-corrected chi connectivity index (χ4v) is 2.54. The van der Waals surface area contributed by atoms with Gasteiger partial charge in [-0.3, -0.25) is 4.79 Å². The van der Waals surface area contributed by atoms with Crippen LogP contribution < -0.4 is 14.8 Å². The van der Waals surface area contributed by atoms with Crippen LogP contribution in [0.1, 0.15) is 23.9 Å². The zero-order valence-corrected chi connectivity index (χ0v) is 16.4. The molecule has 3 aromatic rings. The summed E-state index contributed by atoms with van der Waals surface area (Å²) in [5, 5.41) is 6.69. The predicted octanol–water partition coefficient (Wildman–Crippen LogP) is 3.45. The number of carbonyl (C=O) groups is 1. The highest BCUT2D eigenvalue weighted by molar-refractivity contribution is 5.80. The van der Waals surface area contributed by atoms with Gasteiger partial charge in [-0.2, -0.15) is 4.98 Å². The number of hydrogen-bond donors (Lipinski definition) is 1. The number of aryl methyl sites for hydroxylation is 2. The average Bonchev–Trinajstić information content (AvgIpc) is 3.18. The third kappa shape index (κ3) is 4.68. The fourth-order valence-electron chi connectivity index (χ4n) is 2.54. The van der Waals surface area contributed by atoms with E-state index in [2.05, 4.69) is 15.5 Å². The van der Waals surface area contributed by atoms with Crippen LogP contribution in [0.2, 0.25) is 0 Å². The Kier molecular flexibility index (Phi) is 5.93. The van der Waals surface area contributed by atoms with Gasteiger partial charge in [-0.1, -0.05) is 11.2 Å². The van der Waals surface area contributed by atoms with Crippen molar-refractivity contribution in [3.05, 3.63) is 59.5 Å². The molecule has 0 aliphatic rings. The summed E-state index contributed by atoms with van der Waals surface area (Å²) >= 11 is 0. The lowest BCUT2D eigenvalue weighted by atomic mass is 10.1. The van der Waals surface area contributed by atoms with Gasteiger partial charge in [0.15, 0.2) is 6.10 Å². The molecule has 0 bridgehead atoms. The average molecular weight is 381 g/mol. The Morgan fingerprint density at radius 1 is 1.11 bits per heavy atom. The first-order valence-corrected chi connectivity index (χ1v) is 8.95. The highest BCUT2D eigenvalue weighted by Gasteiger charge is 2.16. The number of hydrogen-bond acceptors (Lipinski definition) is 6. The van der Waals surface area contributed by atoms with Crippen molar-refractivity contribution in [2.75, 3.05) is 7.11 Å². The van der Waals surface area contributed by atoms with E-state index in [-0.39, 0.29) is 12.5 Å². The van der Waals surface area contributed by atoms with Crippen LogP contribution >= 0.6 is 0 Å². The molecule has 1 aromatic heterocycles. The maximum Gasteiger partial charge on any atom is 0.261 e. The first-order chi connectivity index (χ1) is 13.5. The van der Waals surface area contributed by atoms with Crippen molar-refractivity contribution in [1.82, 2.24) is 15.5 Å². The monoisotopic (exact) mass is 381 g/mol. The summed E-state index contributed by atoms with van der Waals surface area (Å²) in [6, 6.07) is 13.0. The summed E-state index contributed by atoms with van der Waals surface area (Å²) in [6.07, 6.45) is -0.647. The fraction of sp³-hybridized carbons (Fsp3) is 0.286. The molecule has 0 fully saturated rings. The number of amides is 1. The quantitative estimate of drug-likeness (QED) is 0.675. The van der Waals surface area contributed by atoms with Crippen molar-refractivity contribution in [3.8, 4) is 22.9 Å². The number of rotatable bonds is 7. The highest BCUT2D eigenvalue weighted by atomic mass is 16.5. The van der Waals surface area contributed by atoms with E-state index in [0.29, 0.717) is 17.5 Å². The van der Waals surface area contributed by atoms with Crippen molar-refractivity contribution >= 4 is 5.91 Å². The molecule has 7 heteroatoms. The molecular weight excluding hydrogens is 358 g/mol. The first-order valence-electron chi connectivity index (χ1n) is 8.95. The smallest absolute Gasteiger partial charge is 0.261 e. The molecule has 146 valence electrons. The van der Waals surface area contributed by atoms with Crippen LogP contribution in [-0.2, 0) is 11.3 Å². The number of methoxy groups -OCH3 is 1. The summed E-state index contributed by atoms with van der Waals surface area (Å²) in [4.78, 5) is 16.6. The lowest BCUT2D eigenvalue weighted by molar-refractivity contribution is -0.127. The number of benzene rings is 2. The van der Waals surface area contributed by atoms with E-state index in [9.17, 15) is 4.79 Å². The van der Waals surface area contributed by atoms with Crippen LogP contribution in [-0.4, -0.2) is 29.3 Å². The van der Waals surface area contributed by atoms with Crippen LogP contribution in [0, 0.1) is 13.8 Å². The standard InChI is InChI=1S/C21H23N3O4/c1-13-5-8-18(11-14(13)2)27-15(3)21(25)22-12-19-23-20(24-28-19)16-6-9-17(26-4)10-7-16/h5-11,15H,12H2,1-4H3,(H,22,25)/t15-/m1/s1. The summed E-state index contributed by atoms with van der Waals surface area (Å²) in [5.74, 6) is 1.91. The maximum absolute atomic E-state index is 12.3. The van der Waals surface area contributed by atoms with Crippen LogP contribution in [0.15, 0.2) is 47.0 Å². The zero-order chi connectivity index (χ0) is 20.1. The first kappa shape index (κ1) is 19.4. The third-order valence-corrected chi connectivity index (χ3v) is 4.39. The molecule has 0 radical (unpaired) electrons. The van der Waals surface area contributed by atoms with Gasteiger partial charge in [-0.15, -0.1) is 0 Å². The second-order valence-electron chi connectivity index (χ2n) is 6.46. The summed E-state index contributed by atoms with van der Waals surface area (Å²) in [5.41, 5.74) is 3.09. The van der Waals surface area contributed by atoms with Crippen molar-refractivity contribution < 1.29 is 18.8 Å². The number of ether oxygens (including phenoxy) is 2. The third-order valence-electron chi connectivity index (χ3n) is 4.39. The van der Waals surface area contributed by atoms with E-state index in [1.807, 2.05) is 56.3 Å². The minimum atomic E-state index is -0.647. The number of nitrogens with zero attached hydrogens (tertiary/aromatic N) is 2. The zero-order valence-electron chi connectivity index (χ0n) is 16.4. The molecule has 1 amide bonds. The van der Waals surface area contributed by atoms with Gasteiger partial charge >= 0.3 is 0 Å². The van der Waals surface area contributed by atoms with E-state index >= 15 is 0 Å². The van der Waals surface area contributed by atoms with Crippen LogP contribution in [0.5, 0.6) is 11.5 Å². The van der Waals surface area contributed by atoms with E-state index in [1.54, 1.807) is 14.0 Å². The molecule has 0 aliphatic heterocycles. The molecule has 1 N–H and O–H groups in total. The Morgan fingerprint density at radius 2 is 1.82 bits per heavy atom. The summed E-state index contributed by atoms with van der Waals surface area (Å²) in [6.45, 7) is 5.85. The van der Waals surface area contributed by atoms with Crippen LogP contribution in [0.25, 0.3) is 11.4 Å². The predicted molar refractivity (Wildman–Crippen MR) is 104 cm³/mol. The Bertz CT molecular complexity index is 951. The van der Waals surface area contributed by atoms with Gasteiger partial charge in [0, 0.05) is 5.56 Å². The molecule has 0 unspecified atom stereocenters. The molecule has 7 nitrogen and oxygen atoms in total. The van der Waals surface area contributed by atoms with Crippen molar-refractivity contribution in [3.63, 3.8) is 0 Å². The normalized spacial score (nSPS) is 11.7. The van der Waals surface area contributed by atoms with E-state index in [4.69, 9.17) is 14.0 Å². The van der Waals surface area contributed by atoms with Gasteiger partial charge in [0.1, 0.15) is 11.5 Å². The molecule has 0 aliphatic carbocycles. The Labute approximate surface area is 163 Å². The van der Waals surface area contributed by atoms with Crippen LogP contribution in [0.4, 0.5) is 0 Å². The molecule has 28 heavy (non-hydrogen) atoms. The van der Waals surface area contributed by atoms with E-state index < -0.39 is 6.10 Å². The Morgan fingerprint density at radius 3 is 2.50 bits per heavy atom. The lowest BCUT2D eigenvalue weighted by Gasteiger charge is -2.15. The molecule has 0 spiro atoms. The van der Waals surface area contributed by atoms with Gasteiger partial charge in [0.25, 0.3) is 5.91 Å². The van der Waals surface area contributed by atoms with Crippen molar-refractivity contribution in [2.24, 2.45) is 0 Å². The molecular formula is C21H23N3O4. The molecule has 2 aromatic carbocycles. The van der Waals surface area contributed by atoms with Gasteiger partial charge < -0.3 is 19.3 Å². The van der Waals surface area contributed by atoms with Gasteiger partial charge in [0.2, 0.25) is 11.7 Å². The van der Waals surface area contributed by atoms with Crippen molar-refractivity contribution in [1.29, 1.82) is 0 Å². The molecule has 1 heterocycles. The molecule has 3 rings (SSSR count). The Balaban J connectivity index is 1.55. The van der Waals surface area contributed by atoms with E-state index in [0.717, 1.165) is 16.9 Å². The second-order valence-corrected chi connectivity index (χ2v) is 6.46. The minimum Gasteiger partial charge on any atom is -0.497 e. The molecule has 1 atom stereocenters. The van der Waals surface area contributed by atoms with E-state index in [1.165, 1.54) is 5.56 Å². The van der Waals surface area contributed by atoms with Gasteiger partial charge in [0.05, 0.1) is 13.7 Å². The Hall–Kier alpha value is -3.35. The second kappa shape index (κ2) is 8.56. The highest BCUT2D eigenvalue weighted by Crippen LogP contribution is 2.20. The van der Waals surface area contributed by atoms with Gasteiger partial charge in [-0.25, -0.2) is 0 Å². The van der Waals surface area contributed by atoms with Gasteiger partial charge in [-0.05, 0) is 68.3 Å². The summed E-state index contributed by atoms with van der Waals surface area (Å²) < 4.78 is 16.0. The SMILES string of the molecule is COc1ccc(-c2noc(CNC(=O)[C@@H](C)Oc3ccc(C)c(C)c3)n2)cc1. The number of carbonyl (C=O) groups excluding carboxylic acids is 1. The van der Waals surface area contributed by atoms with Crippen LogP contribution in [0.3, 0.4) is 0 Å². The van der Waals surface area contributed by atoms with Crippen molar-refractivity contribution in [2.45, 2.75) is 33.4 Å². The molecule has 0 saturated carbocycles. The number of aromatic nitrogens is 2. The number of nitrogens with one attached hydrogen (secondary N) is 1. The summed E-state index contributed by atoms with van der Waals surface area (Å²) in [7, 11) is 1.61. The largest absolute Gasteiger partial charge is 0.497 e. The minimum absolute atomic E-state index is 0.128. The molecule has 0 saturated heterocycles.